The molecular formula is C25H22Cl2F3NO4S. The molecule has 0 heterocycles. The van der Waals surface area contributed by atoms with E-state index in [4.69, 9.17) is 27.4 Å². The zero-order valence-corrected chi connectivity index (χ0v) is 21.5. The SMILES string of the molecule is CC[C@H](C)N(Cc1ccc(OS(=O)(=O)c2cccc(C(F)(F)F)c2)cc1)C(=O)c1cc(Cl)cc(Cl)c1. The van der Waals surface area contributed by atoms with E-state index >= 15 is 0 Å². The third-order valence-corrected chi connectivity index (χ3v) is 7.11. The average molecular weight is 560 g/mol. The van der Waals surface area contributed by atoms with E-state index in [0.29, 0.717) is 33.7 Å². The molecule has 0 aliphatic rings. The third-order valence-electron chi connectivity index (χ3n) is 5.43. The van der Waals surface area contributed by atoms with Gasteiger partial charge in [-0.05, 0) is 67.4 Å². The minimum absolute atomic E-state index is 0.0841. The third kappa shape index (κ3) is 6.93. The van der Waals surface area contributed by atoms with Crippen molar-refractivity contribution in [1.29, 1.82) is 0 Å². The summed E-state index contributed by atoms with van der Waals surface area (Å²) in [6.07, 6.45) is -4.01. The summed E-state index contributed by atoms with van der Waals surface area (Å²) in [5.41, 5.74) is -0.0844. The van der Waals surface area contributed by atoms with Gasteiger partial charge in [0, 0.05) is 28.2 Å². The van der Waals surface area contributed by atoms with Gasteiger partial charge in [-0.15, -0.1) is 0 Å². The van der Waals surface area contributed by atoms with Gasteiger partial charge < -0.3 is 9.08 Å². The summed E-state index contributed by atoms with van der Waals surface area (Å²) in [5.74, 6) is -0.361. The van der Waals surface area contributed by atoms with Gasteiger partial charge in [0.2, 0.25) is 0 Å². The van der Waals surface area contributed by atoms with Crippen molar-refractivity contribution in [2.45, 2.75) is 43.9 Å². The first-order valence-electron chi connectivity index (χ1n) is 10.8. The standard InChI is InChI=1S/C25H22Cl2F3NO4S/c1-3-16(2)31(24(32)18-11-20(26)14-21(27)12-18)15-17-7-9-22(10-8-17)35-36(33,34)23-6-4-5-19(13-23)25(28,29)30/h4-14,16H,3,15H2,1-2H3/t16-/m0/s1. The summed E-state index contributed by atoms with van der Waals surface area (Å²) in [6, 6.07) is 13.7. The minimum Gasteiger partial charge on any atom is -0.379 e. The number of nitrogens with zero attached hydrogens (tertiary/aromatic N) is 1. The second-order valence-electron chi connectivity index (χ2n) is 8.06. The zero-order chi connectivity index (χ0) is 26.7. The van der Waals surface area contributed by atoms with Gasteiger partial charge in [0.15, 0.2) is 0 Å². The summed E-state index contributed by atoms with van der Waals surface area (Å²) in [6.45, 7) is 4.03. The maximum Gasteiger partial charge on any atom is 0.416 e. The quantitative estimate of drug-likeness (QED) is 0.273. The molecule has 0 radical (unpaired) electrons. The summed E-state index contributed by atoms with van der Waals surface area (Å²) >= 11 is 12.1. The Kier molecular flexibility index (Phi) is 8.59. The van der Waals surface area contributed by atoms with Gasteiger partial charge in [0.25, 0.3) is 5.91 Å². The molecule has 5 nitrogen and oxygen atoms in total. The summed E-state index contributed by atoms with van der Waals surface area (Å²) in [5, 5.41) is 0.664. The molecule has 36 heavy (non-hydrogen) atoms. The Morgan fingerprint density at radius 3 is 2.17 bits per heavy atom. The topological polar surface area (TPSA) is 63.7 Å². The van der Waals surface area contributed by atoms with Gasteiger partial charge in [-0.1, -0.05) is 48.3 Å². The molecule has 0 saturated carbocycles. The molecule has 3 aromatic rings. The molecule has 0 spiro atoms. The molecule has 3 rings (SSSR count). The number of carbonyl (C=O) groups excluding carboxylic acids is 1. The van der Waals surface area contributed by atoms with E-state index in [1.165, 1.54) is 30.3 Å². The minimum atomic E-state index is -4.69. The molecule has 0 N–H and O–H groups in total. The van der Waals surface area contributed by atoms with Gasteiger partial charge in [-0.25, -0.2) is 0 Å². The lowest BCUT2D eigenvalue weighted by Gasteiger charge is -2.29. The van der Waals surface area contributed by atoms with Crippen molar-refractivity contribution in [1.82, 2.24) is 4.90 Å². The smallest absolute Gasteiger partial charge is 0.379 e. The van der Waals surface area contributed by atoms with Crippen molar-refractivity contribution in [3.63, 3.8) is 0 Å². The molecule has 1 atom stereocenters. The van der Waals surface area contributed by atoms with Crippen LogP contribution in [0.25, 0.3) is 0 Å². The highest BCUT2D eigenvalue weighted by molar-refractivity contribution is 7.87. The van der Waals surface area contributed by atoms with Crippen LogP contribution < -0.4 is 4.18 Å². The Morgan fingerprint density at radius 1 is 1.00 bits per heavy atom. The van der Waals surface area contributed by atoms with E-state index in [-0.39, 0.29) is 24.2 Å². The monoisotopic (exact) mass is 559 g/mol. The van der Waals surface area contributed by atoms with Crippen molar-refractivity contribution in [3.05, 3.63) is 93.5 Å². The first-order chi connectivity index (χ1) is 16.8. The molecule has 0 fully saturated rings. The van der Waals surface area contributed by atoms with Gasteiger partial charge in [-0.3, -0.25) is 4.79 Å². The van der Waals surface area contributed by atoms with Crippen LogP contribution in [0.1, 0.15) is 41.8 Å². The maximum atomic E-state index is 13.2. The lowest BCUT2D eigenvalue weighted by atomic mass is 10.1. The van der Waals surface area contributed by atoms with Gasteiger partial charge in [0.05, 0.1) is 5.56 Å². The number of amides is 1. The molecule has 11 heteroatoms. The normalized spacial score (nSPS) is 12.8. The van der Waals surface area contributed by atoms with Crippen LogP contribution >= 0.6 is 23.2 Å². The van der Waals surface area contributed by atoms with Crippen LogP contribution in [-0.2, 0) is 22.8 Å². The second-order valence-corrected chi connectivity index (χ2v) is 10.5. The highest BCUT2D eigenvalue weighted by atomic mass is 35.5. The molecule has 0 unspecified atom stereocenters. The average Bonchev–Trinajstić information content (AvgIpc) is 2.81. The predicted molar refractivity (Wildman–Crippen MR) is 132 cm³/mol. The van der Waals surface area contributed by atoms with Crippen LogP contribution in [0.3, 0.4) is 0 Å². The van der Waals surface area contributed by atoms with E-state index in [0.717, 1.165) is 18.2 Å². The Balaban J connectivity index is 1.79. The van der Waals surface area contributed by atoms with E-state index in [9.17, 15) is 26.4 Å². The highest BCUT2D eigenvalue weighted by Gasteiger charge is 2.32. The summed E-state index contributed by atoms with van der Waals surface area (Å²) in [7, 11) is -4.50. The first-order valence-corrected chi connectivity index (χ1v) is 12.9. The van der Waals surface area contributed by atoms with Gasteiger partial charge >= 0.3 is 16.3 Å². The van der Waals surface area contributed by atoms with Crippen LogP contribution in [0.4, 0.5) is 13.2 Å². The number of hydrogen-bond acceptors (Lipinski definition) is 4. The van der Waals surface area contributed by atoms with Crippen LogP contribution in [0, 0.1) is 0 Å². The van der Waals surface area contributed by atoms with E-state index in [2.05, 4.69) is 0 Å². The lowest BCUT2D eigenvalue weighted by molar-refractivity contribution is -0.137. The van der Waals surface area contributed by atoms with Crippen molar-refractivity contribution in [2.75, 3.05) is 0 Å². The number of halogens is 5. The molecule has 0 aliphatic carbocycles. The number of alkyl halides is 3. The Hall–Kier alpha value is -2.75. The van der Waals surface area contributed by atoms with E-state index < -0.39 is 26.8 Å². The van der Waals surface area contributed by atoms with Gasteiger partial charge in [0.1, 0.15) is 10.6 Å². The summed E-state index contributed by atoms with van der Waals surface area (Å²) in [4.78, 5) is 14.2. The molecule has 1 amide bonds. The van der Waals surface area contributed by atoms with Crippen LogP contribution in [-0.4, -0.2) is 25.3 Å². The molecule has 0 bridgehead atoms. The second kappa shape index (κ2) is 11.1. The molecule has 0 aromatic heterocycles. The first kappa shape index (κ1) is 27.8. The fraction of sp³-hybridized carbons (Fsp3) is 0.240. The van der Waals surface area contributed by atoms with E-state index in [1.54, 1.807) is 17.0 Å². The largest absolute Gasteiger partial charge is 0.416 e. The van der Waals surface area contributed by atoms with Crippen LogP contribution in [0.2, 0.25) is 10.0 Å². The molecule has 192 valence electrons. The lowest BCUT2D eigenvalue weighted by Crippen LogP contribution is -2.37. The fourth-order valence-electron chi connectivity index (χ4n) is 3.34. The molecule has 0 saturated heterocycles. The van der Waals surface area contributed by atoms with Crippen LogP contribution in [0.5, 0.6) is 5.75 Å². The fourth-order valence-corrected chi connectivity index (χ4v) is 4.84. The molecular weight excluding hydrogens is 538 g/mol. The number of hydrogen-bond donors (Lipinski definition) is 0. The van der Waals surface area contributed by atoms with E-state index in [1.807, 2.05) is 13.8 Å². The number of rotatable bonds is 8. The Labute approximate surface area is 217 Å². The van der Waals surface area contributed by atoms with Crippen molar-refractivity contribution < 1.29 is 30.6 Å². The predicted octanol–water partition coefficient (Wildman–Crippen LogP) is 7.22. The van der Waals surface area contributed by atoms with Crippen molar-refractivity contribution >= 4 is 39.2 Å². The maximum absolute atomic E-state index is 13.2. The highest BCUT2D eigenvalue weighted by Crippen LogP contribution is 2.31. The Morgan fingerprint density at radius 2 is 1.61 bits per heavy atom. The Bertz CT molecular complexity index is 1330. The number of benzene rings is 3. The van der Waals surface area contributed by atoms with Crippen LogP contribution in [0.15, 0.2) is 71.6 Å². The van der Waals surface area contributed by atoms with Crippen molar-refractivity contribution in [2.24, 2.45) is 0 Å². The van der Waals surface area contributed by atoms with Gasteiger partial charge in [-0.2, -0.15) is 21.6 Å². The number of carbonyl (C=O) groups is 1. The zero-order valence-electron chi connectivity index (χ0n) is 19.2. The summed E-state index contributed by atoms with van der Waals surface area (Å²) < 4.78 is 68.9. The molecule has 0 aliphatic heterocycles. The van der Waals surface area contributed by atoms with Crippen molar-refractivity contribution in [3.8, 4) is 5.75 Å². The molecule has 3 aromatic carbocycles.